The van der Waals surface area contributed by atoms with Crippen LogP contribution in [0.15, 0.2) is 0 Å². The van der Waals surface area contributed by atoms with Gasteiger partial charge in [0.15, 0.2) is 0 Å². The monoisotopic (exact) mass is 224 g/mol. The molecule has 1 heterocycles. The summed E-state index contributed by atoms with van der Waals surface area (Å²) >= 11 is 0. The van der Waals surface area contributed by atoms with E-state index in [1.807, 2.05) is 0 Å². The zero-order valence-electron chi connectivity index (χ0n) is 11.3. The van der Waals surface area contributed by atoms with Gasteiger partial charge in [0.2, 0.25) is 0 Å². The Balaban J connectivity index is 1.75. The van der Waals surface area contributed by atoms with Crippen LogP contribution in [0.4, 0.5) is 0 Å². The number of hydrogen-bond acceptors (Lipinski definition) is 2. The molecule has 1 N–H and O–H groups in total. The zero-order chi connectivity index (χ0) is 11.6. The molecule has 0 aromatic heterocycles. The Morgan fingerprint density at radius 1 is 1.31 bits per heavy atom. The van der Waals surface area contributed by atoms with Gasteiger partial charge in [-0.2, -0.15) is 0 Å². The van der Waals surface area contributed by atoms with Crippen molar-refractivity contribution in [2.45, 2.75) is 52.0 Å². The number of likely N-dealkylation sites (tertiary alicyclic amines) is 1. The second-order valence-electron chi connectivity index (χ2n) is 6.20. The minimum atomic E-state index is 0.630. The van der Waals surface area contributed by atoms with Gasteiger partial charge in [0.25, 0.3) is 0 Å². The number of piperidine rings is 1. The molecule has 2 heteroatoms. The van der Waals surface area contributed by atoms with Crippen LogP contribution in [0.2, 0.25) is 0 Å². The van der Waals surface area contributed by atoms with Gasteiger partial charge in [0, 0.05) is 12.6 Å². The van der Waals surface area contributed by atoms with Crippen molar-refractivity contribution < 1.29 is 0 Å². The molecule has 0 radical (unpaired) electrons. The van der Waals surface area contributed by atoms with Crippen LogP contribution in [-0.2, 0) is 0 Å². The number of rotatable bonds is 5. The summed E-state index contributed by atoms with van der Waals surface area (Å²) in [5, 5.41) is 3.50. The number of nitrogens with zero attached hydrogens (tertiary/aromatic N) is 1. The Morgan fingerprint density at radius 2 is 1.94 bits per heavy atom. The van der Waals surface area contributed by atoms with Crippen molar-refractivity contribution in [3.63, 3.8) is 0 Å². The predicted octanol–water partition coefficient (Wildman–Crippen LogP) is 2.50. The highest BCUT2D eigenvalue weighted by Crippen LogP contribution is 2.36. The van der Waals surface area contributed by atoms with Crippen LogP contribution in [0.5, 0.6) is 0 Å². The Labute approximate surface area is 101 Å². The predicted molar refractivity (Wildman–Crippen MR) is 69.6 cm³/mol. The van der Waals surface area contributed by atoms with E-state index in [1.54, 1.807) is 0 Å². The van der Waals surface area contributed by atoms with Crippen LogP contribution in [0.3, 0.4) is 0 Å². The molecule has 0 aromatic carbocycles. The molecule has 1 atom stereocenters. The largest absolute Gasteiger partial charge is 0.315 e. The molecule has 0 aromatic rings. The van der Waals surface area contributed by atoms with Crippen molar-refractivity contribution in [2.75, 3.05) is 26.7 Å². The molecule has 0 bridgehead atoms. The van der Waals surface area contributed by atoms with Crippen molar-refractivity contribution in [1.82, 2.24) is 10.2 Å². The fraction of sp³-hybridized carbons (Fsp3) is 1.00. The molecule has 0 amide bonds. The molecular weight excluding hydrogens is 196 g/mol. The molecule has 2 aliphatic rings. The van der Waals surface area contributed by atoms with E-state index in [0.717, 1.165) is 12.0 Å². The summed E-state index contributed by atoms with van der Waals surface area (Å²) in [5.74, 6) is 0.976. The molecule has 1 aliphatic carbocycles. The van der Waals surface area contributed by atoms with Gasteiger partial charge >= 0.3 is 0 Å². The summed E-state index contributed by atoms with van der Waals surface area (Å²) in [7, 11) is 2.13. The maximum absolute atomic E-state index is 3.50. The van der Waals surface area contributed by atoms with Crippen molar-refractivity contribution in [2.24, 2.45) is 11.3 Å². The van der Waals surface area contributed by atoms with E-state index in [1.165, 1.54) is 51.7 Å². The molecule has 0 spiro atoms. The van der Waals surface area contributed by atoms with E-state index in [0.29, 0.717) is 5.41 Å². The molecule has 2 fully saturated rings. The van der Waals surface area contributed by atoms with Gasteiger partial charge in [-0.1, -0.05) is 20.3 Å². The van der Waals surface area contributed by atoms with Crippen molar-refractivity contribution in [3.05, 3.63) is 0 Å². The molecule has 1 unspecified atom stereocenters. The topological polar surface area (TPSA) is 15.3 Å². The normalized spacial score (nSPS) is 27.9. The molecule has 1 saturated heterocycles. The Bertz CT molecular complexity index is 215. The number of likely N-dealkylation sites (N-methyl/N-ethyl adjacent to an activating group) is 1. The van der Waals surface area contributed by atoms with E-state index in [9.17, 15) is 0 Å². The minimum absolute atomic E-state index is 0.630. The summed E-state index contributed by atoms with van der Waals surface area (Å²) in [6, 6.07) is 0.756. The van der Waals surface area contributed by atoms with Crippen LogP contribution in [0, 0.1) is 11.3 Å². The van der Waals surface area contributed by atoms with Crippen LogP contribution in [0.25, 0.3) is 0 Å². The van der Waals surface area contributed by atoms with E-state index < -0.39 is 0 Å². The Kier molecular flexibility index (Phi) is 3.91. The SMILES string of the molecule is CCC1(C)CCN(CC(NC)C2CC2)CC1. The van der Waals surface area contributed by atoms with Gasteiger partial charge < -0.3 is 10.2 Å². The zero-order valence-corrected chi connectivity index (χ0v) is 11.3. The van der Waals surface area contributed by atoms with Crippen LogP contribution >= 0.6 is 0 Å². The third-order valence-corrected chi connectivity index (χ3v) is 4.93. The first kappa shape index (κ1) is 12.4. The van der Waals surface area contributed by atoms with Gasteiger partial charge in [-0.3, -0.25) is 0 Å². The molecular formula is C14H28N2. The van der Waals surface area contributed by atoms with Gasteiger partial charge in [-0.15, -0.1) is 0 Å². The maximum atomic E-state index is 3.50. The lowest BCUT2D eigenvalue weighted by molar-refractivity contribution is 0.105. The summed E-state index contributed by atoms with van der Waals surface area (Å²) in [4.78, 5) is 2.68. The van der Waals surface area contributed by atoms with Crippen molar-refractivity contribution >= 4 is 0 Å². The molecule has 94 valence electrons. The fourth-order valence-corrected chi connectivity index (χ4v) is 2.88. The first-order valence-corrected chi connectivity index (χ1v) is 7.06. The lowest BCUT2D eigenvalue weighted by Crippen LogP contribution is -2.46. The van der Waals surface area contributed by atoms with E-state index >= 15 is 0 Å². The highest BCUT2D eigenvalue weighted by Gasteiger charge is 2.33. The van der Waals surface area contributed by atoms with Gasteiger partial charge in [-0.05, 0) is 57.2 Å². The second-order valence-corrected chi connectivity index (χ2v) is 6.20. The Morgan fingerprint density at radius 3 is 2.38 bits per heavy atom. The minimum Gasteiger partial charge on any atom is -0.315 e. The highest BCUT2D eigenvalue weighted by atomic mass is 15.2. The van der Waals surface area contributed by atoms with Crippen LogP contribution in [0.1, 0.15) is 46.0 Å². The highest BCUT2D eigenvalue weighted by molar-refractivity contribution is 4.89. The molecule has 1 aliphatic heterocycles. The quantitative estimate of drug-likeness (QED) is 0.772. The lowest BCUT2D eigenvalue weighted by atomic mass is 9.78. The summed E-state index contributed by atoms with van der Waals surface area (Å²) in [6.45, 7) is 8.71. The third-order valence-electron chi connectivity index (χ3n) is 4.93. The van der Waals surface area contributed by atoms with Gasteiger partial charge in [-0.25, -0.2) is 0 Å². The first-order chi connectivity index (χ1) is 7.67. The Hall–Kier alpha value is -0.0800. The van der Waals surface area contributed by atoms with E-state index in [-0.39, 0.29) is 0 Å². The molecule has 1 saturated carbocycles. The summed E-state index contributed by atoms with van der Waals surface area (Å²) in [5.41, 5.74) is 0.630. The van der Waals surface area contributed by atoms with Crippen molar-refractivity contribution in [1.29, 1.82) is 0 Å². The number of nitrogens with one attached hydrogen (secondary N) is 1. The summed E-state index contributed by atoms with van der Waals surface area (Å²) in [6.07, 6.45) is 7.03. The summed E-state index contributed by atoms with van der Waals surface area (Å²) < 4.78 is 0. The standard InChI is InChI=1S/C14H28N2/c1-4-14(2)7-9-16(10-8-14)11-13(15-3)12-5-6-12/h12-13,15H,4-11H2,1-3H3. The first-order valence-electron chi connectivity index (χ1n) is 7.06. The third kappa shape index (κ3) is 2.98. The average Bonchev–Trinajstić information content (AvgIpc) is 3.13. The average molecular weight is 224 g/mol. The molecule has 2 nitrogen and oxygen atoms in total. The number of hydrogen-bond donors (Lipinski definition) is 1. The fourth-order valence-electron chi connectivity index (χ4n) is 2.88. The maximum Gasteiger partial charge on any atom is 0.0220 e. The van der Waals surface area contributed by atoms with Crippen LogP contribution in [-0.4, -0.2) is 37.6 Å². The van der Waals surface area contributed by atoms with E-state index in [2.05, 4.69) is 31.1 Å². The van der Waals surface area contributed by atoms with E-state index in [4.69, 9.17) is 0 Å². The van der Waals surface area contributed by atoms with Crippen molar-refractivity contribution in [3.8, 4) is 0 Å². The molecule has 16 heavy (non-hydrogen) atoms. The molecule has 2 rings (SSSR count). The van der Waals surface area contributed by atoms with Gasteiger partial charge in [0.1, 0.15) is 0 Å². The van der Waals surface area contributed by atoms with Gasteiger partial charge in [0.05, 0.1) is 0 Å². The van der Waals surface area contributed by atoms with Crippen LogP contribution < -0.4 is 5.32 Å². The smallest absolute Gasteiger partial charge is 0.0220 e. The lowest BCUT2D eigenvalue weighted by Gasteiger charge is -2.40. The second kappa shape index (κ2) is 5.05.